The molecule has 1 aromatic heterocycles. The van der Waals surface area contributed by atoms with Gasteiger partial charge >= 0.3 is 0 Å². The Balaban J connectivity index is 1.83. The molecule has 0 aliphatic heterocycles. The molecule has 126 valence electrons. The van der Waals surface area contributed by atoms with Crippen LogP contribution in [0, 0.1) is 10.1 Å². The highest BCUT2D eigenvalue weighted by Gasteiger charge is 2.35. The number of nitrogens with zero attached hydrogens (tertiary/aromatic N) is 3. The first-order valence-corrected chi connectivity index (χ1v) is 7.77. The van der Waals surface area contributed by atoms with Crippen molar-refractivity contribution in [1.82, 2.24) is 15.1 Å². The van der Waals surface area contributed by atoms with E-state index in [1.807, 2.05) is 0 Å². The van der Waals surface area contributed by atoms with Gasteiger partial charge in [-0.15, -0.1) is 0 Å². The van der Waals surface area contributed by atoms with Gasteiger partial charge in [-0.05, 0) is 25.0 Å². The van der Waals surface area contributed by atoms with Gasteiger partial charge in [-0.1, -0.05) is 25.0 Å². The van der Waals surface area contributed by atoms with Crippen LogP contribution in [0.25, 0.3) is 5.69 Å². The molecule has 1 amide bonds. The molecule has 24 heavy (non-hydrogen) atoms. The summed E-state index contributed by atoms with van der Waals surface area (Å²) in [6.07, 6.45) is 4.91. The summed E-state index contributed by atoms with van der Waals surface area (Å²) in [6, 6.07) is 7.70. The number of hydrogen-bond donors (Lipinski definition) is 2. The fourth-order valence-corrected chi connectivity index (χ4v) is 3.07. The third kappa shape index (κ3) is 3.00. The van der Waals surface area contributed by atoms with Gasteiger partial charge < -0.3 is 10.4 Å². The first kappa shape index (κ1) is 16.1. The van der Waals surface area contributed by atoms with E-state index >= 15 is 0 Å². The summed E-state index contributed by atoms with van der Waals surface area (Å²) in [6.45, 7) is -0.108. The molecular weight excluding hydrogens is 312 g/mol. The van der Waals surface area contributed by atoms with Crippen molar-refractivity contribution in [2.75, 3.05) is 6.61 Å². The fraction of sp³-hybridized carbons (Fsp3) is 0.375. The summed E-state index contributed by atoms with van der Waals surface area (Å²) in [7, 11) is 0. The molecule has 1 aliphatic rings. The molecule has 0 atom stereocenters. The van der Waals surface area contributed by atoms with Gasteiger partial charge in [0, 0.05) is 12.3 Å². The molecule has 1 heterocycles. The van der Waals surface area contributed by atoms with Crippen LogP contribution in [0.3, 0.4) is 0 Å². The van der Waals surface area contributed by atoms with Crippen LogP contribution in [0.15, 0.2) is 36.5 Å². The van der Waals surface area contributed by atoms with Gasteiger partial charge in [-0.25, -0.2) is 4.68 Å². The van der Waals surface area contributed by atoms with E-state index in [1.165, 1.54) is 23.0 Å². The minimum Gasteiger partial charge on any atom is -0.394 e. The van der Waals surface area contributed by atoms with E-state index in [2.05, 4.69) is 10.4 Å². The Morgan fingerprint density at radius 2 is 2.04 bits per heavy atom. The Morgan fingerprint density at radius 3 is 2.71 bits per heavy atom. The number of carbonyl (C=O) groups excluding carboxylic acids is 1. The third-order valence-corrected chi connectivity index (χ3v) is 4.39. The lowest BCUT2D eigenvalue weighted by atomic mass is 9.99. The summed E-state index contributed by atoms with van der Waals surface area (Å²) in [5.41, 5.74) is -0.220. The topological polar surface area (TPSA) is 110 Å². The number of nitro benzene ring substituents is 1. The number of rotatable bonds is 5. The second-order valence-electron chi connectivity index (χ2n) is 5.99. The number of para-hydroxylation sites is 2. The van der Waals surface area contributed by atoms with Crippen LogP contribution in [0.5, 0.6) is 0 Å². The van der Waals surface area contributed by atoms with Crippen molar-refractivity contribution in [3.05, 3.63) is 52.3 Å². The summed E-state index contributed by atoms with van der Waals surface area (Å²) in [4.78, 5) is 23.0. The molecule has 3 rings (SSSR count). The number of carbonyl (C=O) groups is 1. The van der Waals surface area contributed by atoms with Crippen LogP contribution >= 0.6 is 0 Å². The second-order valence-corrected chi connectivity index (χ2v) is 5.99. The first-order chi connectivity index (χ1) is 11.5. The molecule has 1 aliphatic carbocycles. The van der Waals surface area contributed by atoms with Crippen LogP contribution in [0.1, 0.15) is 36.2 Å². The lowest BCUT2D eigenvalue weighted by Crippen LogP contribution is -2.49. The molecule has 0 bridgehead atoms. The molecule has 8 heteroatoms. The zero-order valence-electron chi connectivity index (χ0n) is 13.0. The second kappa shape index (κ2) is 6.40. The Labute approximate surface area is 138 Å². The smallest absolute Gasteiger partial charge is 0.294 e. The van der Waals surface area contributed by atoms with Crippen molar-refractivity contribution >= 4 is 11.6 Å². The molecule has 1 saturated carbocycles. The lowest BCUT2D eigenvalue weighted by molar-refractivity contribution is -0.384. The fourth-order valence-electron chi connectivity index (χ4n) is 3.07. The Bertz CT molecular complexity index is 765. The van der Waals surface area contributed by atoms with E-state index in [1.54, 1.807) is 18.2 Å². The van der Waals surface area contributed by atoms with Crippen LogP contribution in [0.4, 0.5) is 5.69 Å². The SMILES string of the molecule is O=C(NC1(CO)CCCC1)c1ccn(-c2ccccc2[N+](=O)[O-])n1. The zero-order chi connectivity index (χ0) is 17.2. The highest BCUT2D eigenvalue weighted by molar-refractivity contribution is 5.92. The quantitative estimate of drug-likeness (QED) is 0.642. The van der Waals surface area contributed by atoms with Crippen LogP contribution in [-0.4, -0.2) is 37.9 Å². The minimum absolute atomic E-state index is 0.0878. The Morgan fingerprint density at radius 1 is 1.33 bits per heavy atom. The third-order valence-electron chi connectivity index (χ3n) is 4.39. The van der Waals surface area contributed by atoms with Gasteiger partial charge in [-0.3, -0.25) is 14.9 Å². The molecule has 1 fully saturated rings. The average Bonchev–Trinajstić information content (AvgIpc) is 3.24. The molecule has 0 unspecified atom stereocenters. The number of aromatic nitrogens is 2. The molecule has 2 aromatic rings. The summed E-state index contributed by atoms with van der Waals surface area (Å²) >= 11 is 0. The molecular formula is C16H18N4O4. The maximum atomic E-state index is 12.4. The standard InChI is InChI=1S/C16H18N4O4/c21-11-16(8-3-4-9-16)17-15(22)12-7-10-19(18-12)13-5-1-2-6-14(13)20(23)24/h1-2,5-7,10,21H,3-4,8-9,11H2,(H,17,22). The van der Waals surface area contributed by atoms with Gasteiger partial charge in [0.05, 0.1) is 17.1 Å². The van der Waals surface area contributed by atoms with E-state index in [9.17, 15) is 20.0 Å². The molecule has 2 N–H and O–H groups in total. The molecule has 8 nitrogen and oxygen atoms in total. The van der Waals surface area contributed by atoms with E-state index in [4.69, 9.17) is 0 Å². The predicted molar refractivity (Wildman–Crippen MR) is 86.0 cm³/mol. The van der Waals surface area contributed by atoms with E-state index in [-0.39, 0.29) is 23.9 Å². The summed E-state index contributed by atoms with van der Waals surface area (Å²) in [5.74, 6) is -0.386. The largest absolute Gasteiger partial charge is 0.394 e. The van der Waals surface area contributed by atoms with Gasteiger partial charge in [-0.2, -0.15) is 5.10 Å². The monoisotopic (exact) mass is 330 g/mol. The van der Waals surface area contributed by atoms with Gasteiger partial charge in [0.2, 0.25) is 0 Å². The normalized spacial score (nSPS) is 16.0. The number of aliphatic hydroxyl groups is 1. The summed E-state index contributed by atoms with van der Waals surface area (Å²) < 4.78 is 1.31. The van der Waals surface area contributed by atoms with Crippen molar-refractivity contribution in [1.29, 1.82) is 0 Å². The number of nitro groups is 1. The minimum atomic E-state index is -0.584. The maximum Gasteiger partial charge on any atom is 0.294 e. The predicted octanol–water partition coefficient (Wildman–Crippen LogP) is 1.82. The Hall–Kier alpha value is -2.74. The highest BCUT2D eigenvalue weighted by Crippen LogP contribution is 2.29. The van der Waals surface area contributed by atoms with Gasteiger partial charge in [0.1, 0.15) is 5.69 Å². The van der Waals surface area contributed by atoms with Crippen LogP contribution in [-0.2, 0) is 0 Å². The zero-order valence-corrected chi connectivity index (χ0v) is 13.0. The number of amides is 1. The van der Waals surface area contributed by atoms with E-state index < -0.39 is 10.5 Å². The number of hydrogen-bond acceptors (Lipinski definition) is 5. The van der Waals surface area contributed by atoms with E-state index in [0.29, 0.717) is 5.69 Å². The van der Waals surface area contributed by atoms with Crippen molar-refractivity contribution in [2.24, 2.45) is 0 Å². The number of benzene rings is 1. The number of aliphatic hydroxyl groups excluding tert-OH is 1. The average molecular weight is 330 g/mol. The molecule has 0 spiro atoms. The number of nitrogens with one attached hydrogen (secondary N) is 1. The maximum absolute atomic E-state index is 12.4. The summed E-state index contributed by atoms with van der Waals surface area (Å²) in [5, 5.41) is 27.7. The van der Waals surface area contributed by atoms with E-state index in [0.717, 1.165) is 25.7 Å². The van der Waals surface area contributed by atoms with Crippen LogP contribution < -0.4 is 5.32 Å². The molecule has 0 saturated heterocycles. The van der Waals surface area contributed by atoms with Crippen molar-refractivity contribution in [3.8, 4) is 5.69 Å². The van der Waals surface area contributed by atoms with Crippen molar-refractivity contribution in [2.45, 2.75) is 31.2 Å². The molecule has 1 aromatic carbocycles. The van der Waals surface area contributed by atoms with Gasteiger partial charge in [0.15, 0.2) is 5.69 Å². The molecule has 0 radical (unpaired) electrons. The van der Waals surface area contributed by atoms with Crippen molar-refractivity contribution < 1.29 is 14.8 Å². The van der Waals surface area contributed by atoms with Crippen LogP contribution in [0.2, 0.25) is 0 Å². The van der Waals surface area contributed by atoms with Gasteiger partial charge in [0.25, 0.3) is 11.6 Å². The first-order valence-electron chi connectivity index (χ1n) is 7.77. The highest BCUT2D eigenvalue weighted by atomic mass is 16.6. The lowest BCUT2D eigenvalue weighted by Gasteiger charge is -2.27. The Kier molecular flexibility index (Phi) is 4.30. The van der Waals surface area contributed by atoms with Crippen molar-refractivity contribution in [3.63, 3.8) is 0 Å².